The van der Waals surface area contributed by atoms with Crippen LogP contribution in [0.25, 0.3) is 11.3 Å². The minimum absolute atomic E-state index is 0.197. The molecule has 2 N–H and O–H groups in total. The molecule has 3 aromatic rings. The molecule has 6 nitrogen and oxygen atoms in total. The van der Waals surface area contributed by atoms with Gasteiger partial charge in [0, 0.05) is 16.5 Å². The molecule has 1 amide bonds. The zero-order chi connectivity index (χ0) is 21.0. The van der Waals surface area contributed by atoms with Crippen molar-refractivity contribution in [1.29, 1.82) is 0 Å². The number of aromatic nitrogens is 1. The Hall–Kier alpha value is -2.97. The number of hydrogen-bond donors (Lipinski definition) is 2. The number of nitrogens with zero attached hydrogens (tertiary/aromatic N) is 1. The number of benzene rings is 2. The minimum Gasteiger partial charge on any atom is -0.493 e. The van der Waals surface area contributed by atoms with Gasteiger partial charge < -0.3 is 14.8 Å². The molecule has 1 heterocycles. The van der Waals surface area contributed by atoms with Crippen LogP contribution in [0.4, 0.5) is 5.13 Å². The molecule has 0 saturated heterocycles. The molecule has 0 radical (unpaired) electrons. The summed E-state index contributed by atoms with van der Waals surface area (Å²) in [6, 6.07) is 11.2. The summed E-state index contributed by atoms with van der Waals surface area (Å²) >= 11 is 6.66. The number of carbonyl (C=O) groups is 1. The zero-order valence-corrected chi connectivity index (χ0v) is 18.2. The Morgan fingerprint density at radius 1 is 1.07 bits per heavy atom. The molecule has 1 aromatic heterocycles. The first kappa shape index (κ1) is 20.8. The second kappa shape index (κ2) is 9.02. The average Bonchev–Trinajstić information content (AvgIpc) is 3.15. The van der Waals surface area contributed by atoms with Crippen molar-refractivity contribution >= 4 is 39.7 Å². The van der Waals surface area contributed by atoms with Gasteiger partial charge >= 0.3 is 0 Å². The van der Waals surface area contributed by atoms with E-state index in [1.165, 1.54) is 11.3 Å². The first-order valence-corrected chi connectivity index (χ1v) is 10.1. The second-order valence-corrected chi connectivity index (χ2v) is 7.60. The van der Waals surface area contributed by atoms with Crippen LogP contribution in [-0.4, -0.2) is 30.2 Å². The number of thiocarbonyl (C=S) groups is 1. The summed E-state index contributed by atoms with van der Waals surface area (Å²) in [5, 5.41) is 8.35. The summed E-state index contributed by atoms with van der Waals surface area (Å²) in [5.41, 5.74) is 4.24. The summed E-state index contributed by atoms with van der Waals surface area (Å²) in [4.78, 5) is 17.0. The van der Waals surface area contributed by atoms with E-state index in [0.717, 1.165) is 22.4 Å². The number of carbonyl (C=O) groups excluding carboxylic acids is 1. The first-order chi connectivity index (χ1) is 13.9. The van der Waals surface area contributed by atoms with Gasteiger partial charge in [0.25, 0.3) is 5.91 Å². The SMILES string of the molecule is COc1ccc(-c2csc(NC(=S)NC(=O)c3ccc(C)cc3C)n2)cc1OC. The third-order valence-corrected chi connectivity index (χ3v) is 5.22. The van der Waals surface area contributed by atoms with Gasteiger partial charge in [0.2, 0.25) is 0 Å². The van der Waals surface area contributed by atoms with E-state index in [1.807, 2.05) is 49.6 Å². The van der Waals surface area contributed by atoms with Crippen molar-refractivity contribution in [3.8, 4) is 22.8 Å². The van der Waals surface area contributed by atoms with Gasteiger partial charge in [0.1, 0.15) is 0 Å². The van der Waals surface area contributed by atoms with Gasteiger partial charge in [-0.3, -0.25) is 10.1 Å². The predicted molar refractivity (Wildman–Crippen MR) is 120 cm³/mol. The molecule has 0 saturated carbocycles. The summed E-state index contributed by atoms with van der Waals surface area (Å²) in [5.74, 6) is 1.03. The Morgan fingerprint density at radius 3 is 2.52 bits per heavy atom. The highest BCUT2D eigenvalue weighted by atomic mass is 32.1. The molecule has 0 aliphatic carbocycles. The molecule has 2 aromatic carbocycles. The lowest BCUT2D eigenvalue weighted by Crippen LogP contribution is -2.34. The van der Waals surface area contributed by atoms with Crippen LogP contribution in [0.5, 0.6) is 11.5 Å². The fourth-order valence-corrected chi connectivity index (χ4v) is 3.80. The lowest BCUT2D eigenvalue weighted by Gasteiger charge is -2.10. The number of methoxy groups -OCH3 is 2. The van der Waals surface area contributed by atoms with E-state index >= 15 is 0 Å². The number of amides is 1. The Labute approximate surface area is 178 Å². The Bertz CT molecular complexity index is 1060. The molecule has 0 atom stereocenters. The Balaban J connectivity index is 1.68. The summed E-state index contributed by atoms with van der Waals surface area (Å²) in [6.07, 6.45) is 0. The fourth-order valence-electron chi connectivity index (χ4n) is 2.83. The molecular formula is C21H21N3O3S2. The summed E-state index contributed by atoms with van der Waals surface area (Å²) < 4.78 is 10.6. The molecular weight excluding hydrogens is 406 g/mol. The molecule has 0 fully saturated rings. The summed E-state index contributed by atoms with van der Waals surface area (Å²) in [6.45, 7) is 3.88. The van der Waals surface area contributed by atoms with E-state index in [2.05, 4.69) is 15.6 Å². The van der Waals surface area contributed by atoms with Crippen LogP contribution in [0.1, 0.15) is 21.5 Å². The predicted octanol–water partition coefficient (Wildman–Crippen LogP) is 4.57. The Kier molecular flexibility index (Phi) is 6.46. The van der Waals surface area contributed by atoms with E-state index in [-0.39, 0.29) is 11.0 Å². The van der Waals surface area contributed by atoms with Crippen molar-refractivity contribution in [2.24, 2.45) is 0 Å². The molecule has 29 heavy (non-hydrogen) atoms. The average molecular weight is 428 g/mol. The van der Waals surface area contributed by atoms with Crippen LogP contribution in [0.3, 0.4) is 0 Å². The lowest BCUT2D eigenvalue weighted by atomic mass is 10.1. The fraction of sp³-hybridized carbons (Fsp3) is 0.190. The molecule has 0 bridgehead atoms. The zero-order valence-electron chi connectivity index (χ0n) is 16.5. The second-order valence-electron chi connectivity index (χ2n) is 6.33. The molecule has 8 heteroatoms. The largest absolute Gasteiger partial charge is 0.493 e. The van der Waals surface area contributed by atoms with Crippen molar-refractivity contribution < 1.29 is 14.3 Å². The number of anilines is 1. The normalized spacial score (nSPS) is 10.3. The third-order valence-electron chi connectivity index (χ3n) is 4.26. The smallest absolute Gasteiger partial charge is 0.257 e. The number of nitrogens with one attached hydrogen (secondary N) is 2. The van der Waals surface area contributed by atoms with Crippen molar-refractivity contribution in [3.63, 3.8) is 0 Å². The van der Waals surface area contributed by atoms with Crippen LogP contribution in [-0.2, 0) is 0 Å². The maximum atomic E-state index is 12.5. The quantitative estimate of drug-likeness (QED) is 0.581. The highest BCUT2D eigenvalue weighted by molar-refractivity contribution is 7.80. The van der Waals surface area contributed by atoms with Crippen molar-refractivity contribution in [3.05, 3.63) is 58.5 Å². The monoisotopic (exact) mass is 427 g/mol. The van der Waals surface area contributed by atoms with Crippen LogP contribution in [0, 0.1) is 13.8 Å². The number of thiazole rings is 1. The summed E-state index contributed by atoms with van der Waals surface area (Å²) in [7, 11) is 3.18. The van der Waals surface area contributed by atoms with Gasteiger partial charge in [0.15, 0.2) is 21.7 Å². The third kappa shape index (κ3) is 4.90. The topological polar surface area (TPSA) is 72.5 Å². The van der Waals surface area contributed by atoms with E-state index in [0.29, 0.717) is 22.2 Å². The van der Waals surface area contributed by atoms with Crippen LogP contribution in [0.15, 0.2) is 41.8 Å². The van der Waals surface area contributed by atoms with Crippen LogP contribution in [0.2, 0.25) is 0 Å². The lowest BCUT2D eigenvalue weighted by molar-refractivity contribution is 0.0977. The van der Waals surface area contributed by atoms with Gasteiger partial charge in [-0.2, -0.15) is 0 Å². The minimum atomic E-state index is -0.253. The van der Waals surface area contributed by atoms with Crippen molar-refractivity contribution in [1.82, 2.24) is 10.3 Å². The van der Waals surface area contributed by atoms with Gasteiger partial charge in [-0.15, -0.1) is 11.3 Å². The first-order valence-electron chi connectivity index (χ1n) is 8.78. The maximum Gasteiger partial charge on any atom is 0.257 e. The van der Waals surface area contributed by atoms with Crippen LogP contribution >= 0.6 is 23.6 Å². The molecule has 0 unspecified atom stereocenters. The molecule has 0 aliphatic rings. The molecule has 150 valence electrons. The molecule has 3 rings (SSSR count). The highest BCUT2D eigenvalue weighted by Crippen LogP contribution is 2.33. The number of aryl methyl sites for hydroxylation is 2. The van der Waals surface area contributed by atoms with Gasteiger partial charge in [-0.1, -0.05) is 17.7 Å². The standard InChI is InChI=1S/C21H21N3O3S2/c1-12-5-7-15(13(2)9-12)19(25)23-20(28)24-21-22-16(11-29-21)14-6-8-17(26-3)18(10-14)27-4/h5-11H,1-4H3,(H2,22,23,24,25,28). The van der Waals surface area contributed by atoms with Gasteiger partial charge in [0.05, 0.1) is 19.9 Å². The van der Waals surface area contributed by atoms with E-state index in [4.69, 9.17) is 21.7 Å². The number of hydrogen-bond acceptors (Lipinski definition) is 6. The van der Waals surface area contributed by atoms with Crippen molar-refractivity contribution in [2.75, 3.05) is 19.5 Å². The van der Waals surface area contributed by atoms with Crippen molar-refractivity contribution in [2.45, 2.75) is 13.8 Å². The molecule has 0 spiro atoms. The van der Waals surface area contributed by atoms with Crippen LogP contribution < -0.4 is 20.1 Å². The van der Waals surface area contributed by atoms with E-state index < -0.39 is 0 Å². The van der Waals surface area contributed by atoms with E-state index in [9.17, 15) is 4.79 Å². The van der Waals surface area contributed by atoms with Gasteiger partial charge in [-0.05, 0) is 55.9 Å². The number of rotatable bonds is 5. The molecule has 0 aliphatic heterocycles. The Morgan fingerprint density at radius 2 is 1.83 bits per heavy atom. The van der Waals surface area contributed by atoms with E-state index in [1.54, 1.807) is 20.3 Å². The maximum absolute atomic E-state index is 12.5. The number of ether oxygens (including phenoxy) is 2. The highest BCUT2D eigenvalue weighted by Gasteiger charge is 2.13. The van der Waals surface area contributed by atoms with Gasteiger partial charge in [-0.25, -0.2) is 4.98 Å².